The van der Waals surface area contributed by atoms with Crippen molar-refractivity contribution in [3.8, 4) is 0 Å². The third kappa shape index (κ3) is 5.21. The lowest BCUT2D eigenvalue weighted by Gasteiger charge is -2.11. The van der Waals surface area contributed by atoms with Gasteiger partial charge in [0.2, 0.25) is 0 Å². The Morgan fingerprint density at radius 1 is 1.31 bits per heavy atom. The van der Waals surface area contributed by atoms with Gasteiger partial charge in [0, 0.05) is 18.6 Å². The Bertz CT molecular complexity index is 760. The summed E-state index contributed by atoms with van der Waals surface area (Å²) in [6, 6.07) is 5.92. The average Bonchev–Trinajstić information content (AvgIpc) is 2.85. The molecule has 0 fully saturated rings. The number of alkyl halides is 3. The van der Waals surface area contributed by atoms with Gasteiger partial charge in [0.25, 0.3) is 0 Å². The molecule has 142 valence electrons. The van der Waals surface area contributed by atoms with Gasteiger partial charge in [0.15, 0.2) is 0 Å². The van der Waals surface area contributed by atoms with Gasteiger partial charge >= 0.3 is 12.1 Å². The van der Waals surface area contributed by atoms with Crippen molar-refractivity contribution in [1.82, 2.24) is 15.1 Å². The number of halogens is 4. The normalized spacial score (nSPS) is 11.6. The minimum absolute atomic E-state index is 0.0608. The summed E-state index contributed by atoms with van der Waals surface area (Å²) in [4.78, 5) is 12.4. The second kappa shape index (κ2) is 8.54. The Kier molecular flexibility index (Phi) is 6.65. The number of nitrogens with one attached hydrogen (secondary N) is 1. The molecule has 1 heterocycles. The molecule has 0 aliphatic carbocycles. The van der Waals surface area contributed by atoms with E-state index in [1.165, 1.54) is 35.7 Å². The number of rotatable bonds is 7. The Hall–Kier alpha value is -2.07. The van der Waals surface area contributed by atoms with Crippen molar-refractivity contribution in [2.24, 2.45) is 0 Å². The molecule has 1 N–H and O–H groups in total. The quantitative estimate of drug-likeness (QED) is 0.736. The number of carbonyl (C=O) groups excluding carboxylic acids is 1. The molecular formula is C16H17F4N3O2S. The number of ether oxygens (including phenoxy) is 1. The van der Waals surface area contributed by atoms with Gasteiger partial charge in [-0.15, -0.1) is 0 Å². The molecule has 5 nitrogen and oxygen atoms in total. The van der Waals surface area contributed by atoms with Crippen LogP contribution in [0.15, 0.2) is 34.1 Å². The highest BCUT2D eigenvalue weighted by Crippen LogP contribution is 2.33. The Labute approximate surface area is 151 Å². The summed E-state index contributed by atoms with van der Waals surface area (Å²) in [6.07, 6.45) is -4.92. The van der Waals surface area contributed by atoms with Crippen LogP contribution in [-0.2, 0) is 22.7 Å². The summed E-state index contributed by atoms with van der Waals surface area (Å²) in [7, 11) is 1.49. The summed E-state index contributed by atoms with van der Waals surface area (Å²) >= 11 is 1.36. The number of hydrogen-bond donors (Lipinski definition) is 1. The highest BCUT2D eigenvalue weighted by Gasteiger charge is 2.38. The van der Waals surface area contributed by atoms with Gasteiger partial charge in [-0.3, -0.25) is 9.48 Å². The predicted octanol–water partition coefficient (Wildman–Crippen LogP) is 3.31. The van der Waals surface area contributed by atoms with E-state index in [-0.39, 0.29) is 25.5 Å². The van der Waals surface area contributed by atoms with Crippen molar-refractivity contribution in [3.63, 3.8) is 0 Å². The van der Waals surface area contributed by atoms with E-state index in [1.807, 2.05) is 5.32 Å². The van der Waals surface area contributed by atoms with Crippen molar-refractivity contribution in [2.75, 3.05) is 13.7 Å². The molecule has 0 aliphatic rings. The molecule has 0 atom stereocenters. The number of aromatic nitrogens is 2. The fraction of sp³-hybridized carbons (Fsp3) is 0.375. The average molecular weight is 391 g/mol. The van der Waals surface area contributed by atoms with Gasteiger partial charge in [-0.05, 0) is 31.2 Å². The highest BCUT2D eigenvalue weighted by atomic mass is 32.2. The number of aryl methyl sites for hydroxylation is 1. The molecule has 1 aromatic heterocycles. The third-order valence-corrected chi connectivity index (χ3v) is 4.60. The van der Waals surface area contributed by atoms with Gasteiger partial charge in [-0.1, -0.05) is 11.8 Å². The van der Waals surface area contributed by atoms with Gasteiger partial charge in [0.1, 0.15) is 5.82 Å². The zero-order chi connectivity index (χ0) is 19.3. The minimum Gasteiger partial charge on any atom is -0.378 e. The molecule has 10 heteroatoms. The molecule has 0 spiro atoms. The van der Waals surface area contributed by atoms with E-state index in [2.05, 4.69) is 5.10 Å². The van der Waals surface area contributed by atoms with Crippen LogP contribution < -0.4 is 5.32 Å². The zero-order valence-corrected chi connectivity index (χ0v) is 14.9. The van der Waals surface area contributed by atoms with Gasteiger partial charge in [-0.2, -0.15) is 18.3 Å². The number of amides is 1. The first-order valence-corrected chi connectivity index (χ1v) is 8.37. The van der Waals surface area contributed by atoms with Crippen molar-refractivity contribution < 1.29 is 27.1 Å². The molecule has 0 saturated heterocycles. The smallest absolute Gasteiger partial charge is 0.378 e. The van der Waals surface area contributed by atoms with E-state index < -0.39 is 12.1 Å². The Balaban J connectivity index is 2.14. The first-order chi connectivity index (χ1) is 12.2. The molecular weight excluding hydrogens is 374 g/mol. The predicted molar refractivity (Wildman–Crippen MR) is 87.3 cm³/mol. The molecule has 26 heavy (non-hydrogen) atoms. The van der Waals surface area contributed by atoms with Crippen molar-refractivity contribution >= 4 is 17.7 Å². The van der Waals surface area contributed by atoms with E-state index in [9.17, 15) is 22.4 Å². The summed E-state index contributed by atoms with van der Waals surface area (Å²) in [5, 5.41) is 6.12. The SMILES string of the molecule is COCc1c(Sc2ccc(F)cc2)c(C)nn1CCNC(=O)C(F)(F)F. The summed E-state index contributed by atoms with van der Waals surface area (Å²) in [6.45, 7) is 1.79. The van der Waals surface area contributed by atoms with Crippen LogP contribution in [0.5, 0.6) is 0 Å². The van der Waals surface area contributed by atoms with Crippen molar-refractivity contribution in [1.29, 1.82) is 0 Å². The van der Waals surface area contributed by atoms with Crippen LogP contribution in [0, 0.1) is 12.7 Å². The second-order valence-electron chi connectivity index (χ2n) is 5.33. The first kappa shape index (κ1) is 20.2. The second-order valence-corrected chi connectivity index (χ2v) is 6.41. The maximum atomic E-state index is 13.0. The maximum Gasteiger partial charge on any atom is 0.471 e. The molecule has 1 amide bonds. The minimum atomic E-state index is -4.92. The fourth-order valence-corrected chi connectivity index (χ4v) is 3.18. The lowest BCUT2D eigenvalue weighted by atomic mass is 10.3. The largest absolute Gasteiger partial charge is 0.471 e. The van der Waals surface area contributed by atoms with Crippen LogP contribution in [0.4, 0.5) is 17.6 Å². The zero-order valence-electron chi connectivity index (χ0n) is 14.1. The standard InChI is InChI=1S/C16H17F4N3O2S/c1-10-14(26-12-5-3-11(17)4-6-12)13(9-25-2)23(22-10)8-7-21-15(24)16(18,19)20/h3-6H,7-9H2,1-2H3,(H,21,24). The molecule has 0 radical (unpaired) electrons. The molecule has 1 aromatic carbocycles. The van der Waals surface area contributed by atoms with Crippen LogP contribution in [0.2, 0.25) is 0 Å². The van der Waals surface area contributed by atoms with Crippen molar-refractivity contribution in [3.05, 3.63) is 41.5 Å². The van der Waals surface area contributed by atoms with Crippen LogP contribution in [-0.4, -0.2) is 35.5 Å². The first-order valence-electron chi connectivity index (χ1n) is 7.56. The number of carbonyl (C=O) groups is 1. The van der Waals surface area contributed by atoms with Crippen LogP contribution >= 0.6 is 11.8 Å². The van der Waals surface area contributed by atoms with Gasteiger partial charge < -0.3 is 10.1 Å². The van der Waals surface area contributed by atoms with E-state index in [4.69, 9.17) is 4.74 Å². The maximum absolute atomic E-state index is 13.0. The van der Waals surface area contributed by atoms with Gasteiger partial charge in [0.05, 0.1) is 29.4 Å². The van der Waals surface area contributed by atoms with E-state index in [0.29, 0.717) is 11.4 Å². The van der Waals surface area contributed by atoms with Crippen LogP contribution in [0.1, 0.15) is 11.4 Å². The van der Waals surface area contributed by atoms with E-state index in [0.717, 1.165) is 9.79 Å². The van der Waals surface area contributed by atoms with E-state index in [1.54, 1.807) is 19.1 Å². The molecule has 0 unspecified atom stereocenters. The lowest BCUT2D eigenvalue weighted by Crippen LogP contribution is -2.38. The number of nitrogens with zero attached hydrogens (tertiary/aromatic N) is 2. The molecule has 0 aliphatic heterocycles. The molecule has 2 aromatic rings. The lowest BCUT2D eigenvalue weighted by molar-refractivity contribution is -0.173. The number of benzene rings is 1. The number of hydrogen-bond acceptors (Lipinski definition) is 4. The third-order valence-electron chi connectivity index (χ3n) is 3.35. The summed E-state index contributed by atoms with van der Waals surface area (Å²) in [5.74, 6) is -2.34. The Morgan fingerprint density at radius 2 is 1.96 bits per heavy atom. The van der Waals surface area contributed by atoms with Crippen molar-refractivity contribution in [2.45, 2.75) is 36.0 Å². The summed E-state index contributed by atoms with van der Waals surface area (Å²) < 4.78 is 56.4. The Morgan fingerprint density at radius 3 is 2.54 bits per heavy atom. The van der Waals surface area contributed by atoms with Crippen LogP contribution in [0.3, 0.4) is 0 Å². The summed E-state index contributed by atoms with van der Waals surface area (Å²) in [5.41, 5.74) is 1.33. The number of methoxy groups -OCH3 is 1. The monoisotopic (exact) mass is 391 g/mol. The highest BCUT2D eigenvalue weighted by molar-refractivity contribution is 7.99. The molecule has 2 rings (SSSR count). The van der Waals surface area contributed by atoms with E-state index >= 15 is 0 Å². The van der Waals surface area contributed by atoms with Gasteiger partial charge in [-0.25, -0.2) is 4.39 Å². The topological polar surface area (TPSA) is 56.1 Å². The fourth-order valence-electron chi connectivity index (χ4n) is 2.20. The molecule has 0 saturated carbocycles. The molecule has 0 bridgehead atoms. The van der Waals surface area contributed by atoms with Crippen LogP contribution in [0.25, 0.3) is 0 Å².